The fraction of sp³-hybridized carbons (Fsp3) is 0.362. The number of Topliss-reactive ketones (excluding diaryl/α,β-unsaturated/α-hetero) is 1. The first-order valence-corrected chi connectivity index (χ1v) is 29.7. The van der Waals surface area contributed by atoms with E-state index in [9.17, 15) is 46.5 Å². The number of ether oxygens (including phenoxy) is 9. The van der Waals surface area contributed by atoms with Crippen LogP contribution in [0.1, 0.15) is 59.9 Å². The van der Waals surface area contributed by atoms with E-state index in [1.165, 1.54) is 89.1 Å². The summed E-state index contributed by atoms with van der Waals surface area (Å²) in [6.07, 6.45) is -1.62. The Kier molecular flexibility index (Phi) is 23.8. The van der Waals surface area contributed by atoms with Crippen LogP contribution >= 0.6 is 0 Å². The van der Waals surface area contributed by atoms with Crippen LogP contribution in [0.25, 0.3) is 12.2 Å². The zero-order valence-electron chi connectivity index (χ0n) is 47.6. The molecule has 2 amide bonds. The number of carbonyl (C=O) groups is 3. The number of hydrogen-bond donors (Lipinski definition) is 5. The Hall–Kier alpha value is -8.19. The van der Waals surface area contributed by atoms with E-state index in [4.69, 9.17) is 51.0 Å². The van der Waals surface area contributed by atoms with Crippen LogP contribution in [0.15, 0.2) is 108 Å². The van der Waals surface area contributed by atoms with Crippen molar-refractivity contribution in [3.63, 3.8) is 0 Å². The minimum atomic E-state index is -5.07. The molecule has 5 aromatic carbocycles. The molecule has 0 saturated carbocycles. The number of methoxy groups -OCH3 is 4. The molecule has 7 rings (SSSR count). The minimum Gasteiger partial charge on any atom is -0.493 e. The summed E-state index contributed by atoms with van der Waals surface area (Å²) >= 11 is 0. The molecule has 0 radical (unpaired) electrons. The fourth-order valence-corrected chi connectivity index (χ4v) is 10.2. The highest BCUT2D eigenvalue weighted by molar-refractivity contribution is 7.91. The van der Waals surface area contributed by atoms with Crippen molar-refractivity contribution in [1.29, 1.82) is 0 Å². The van der Waals surface area contributed by atoms with Gasteiger partial charge >= 0.3 is 10.4 Å². The van der Waals surface area contributed by atoms with Crippen LogP contribution in [-0.2, 0) is 52.3 Å². The predicted molar refractivity (Wildman–Crippen MR) is 308 cm³/mol. The number of aromatic nitrogens is 3. The van der Waals surface area contributed by atoms with Crippen molar-refractivity contribution in [2.45, 2.75) is 55.9 Å². The van der Waals surface area contributed by atoms with Gasteiger partial charge in [0.2, 0.25) is 12.0 Å². The van der Waals surface area contributed by atoms with Gasteiger partial charge in [0, 0.05) is 29.7 Å². The van der Waals surface area contributed by atoms with Gasteiger partial charge in [0.1, 0.15) is 24.0 Å². The van der Waals surface area contributed by atoms with Crippen LogP contribution in [0.5, 0.6) is 40.2 Å². The molecule has 2 heterocycles. The molecule has 1 aliphatic rings. The molecule has 1 aliphatic heterocycles. The minimum absolute atomic E-state index is 0.0161. The Labute approximate surface area is 496 Å². The molecule has 28 heteroatoms. The zero-order chi connectivity index (χ0) is 61.8. The summed E-state index contributed by atoms with van der Waals surface area (Å²) in [5, 5.41) is 44.4. The number of benzene rings is 5. The van der Waals surface area contributed by atoms with Crippen molar-refractivity contribution >= 4 is 50.0 Å². The molecule has 1 aromatic heterocycles. The number of amides is 2. The van der Waals surface area contributed by atoms with Gasteiger partial charge in [-0.15, -0.1) is 13.5 Å². The van der Waals surface area contributed by atoms with Gasteiger partial charge in [-0.2, -0.15) is 0 Å². The number of sulfone groups is 1. The standard InChI is InChI=1S/C58H67N5O21S2/c1-37-6-16-44(17-7-37)85(70,71)29-20-45(64)40-11-13-41(14-12-40)56(68)60-34-43-35-63(62-61-43)22-24-79-26-28-80-27-25-78-23-21-59-57(69)42-15-19-48(82-58-54(67)53(66)46(65)36-81-58)50(33-42)84-86(72,73)83-49-30-38(10-18-47(49)74-2)8-9-39-31-51(75-3)55(77-5)52(32-39)76-4/h6-19,30-33,35,46,53-54,58,65-67H,20-29,34,36H2,1-5H3,(H,59,69)(H,60,68)/b9-8-/t46-,53-,54+,58?/m0/s1. The maximum atomic E-state index is 13.7. The molecule has 4 atom stereocenters. The van der Waals surface area contributed by atoms with E-state index in [1.54, 1.807) is 53.4 Å². The average Bonchev–Trinajstić information content (AvgIpc) is 2.20. The molecule has 1 unspecified atom stereocenters. The molecule has 6 aromatic rings. The molecular weight excluding hydrogens is 1170 g/mol. The number of aliphatic hydroxyl groups is 3. The van der Waals surface area contributed by atoms with Crippen LogP contribution < -0.4 is 42.7 Å². The van der Waals surface area contributed by atoms with Gasteiger partial charge in [-0.3, -0.25) is 14.4 Å². The van der Waals surface area contributed by atoms with E-state index >= 15 is 0 Å². The van der Waals surface area contributed by atoms with Gasteiger partial charge in [-0.1, -0.05) is 53.3 Å². The lowest BCUT2D eigenvalue weighted by molar-refractivity contribution is -0.242. The highest BCUT2D eigenvalue weighted by Gasteiger charge is 2.40. The highest BCUT2D eigenvalue weighted by Crippen LogP contribution is 2.39. The van der Waals surface area contributed by atoms with Gasteiger partial charge in [0.15, 0.2) is 50.1 Å². The van der Waals surface area contributed by atoms with Crippen molar-refractivity contribution < 1.29 is 97.5 Å². The lowest BCUT2D eigenvalue weighted by atomic mass is 10.1. The number of carbonyl (C=O) groups excluding carboxylic acids is 3. The molecular formula is C58H67N5O21S2. The quantitative estimate of drug-likeness (QED) is 0.0222. The fourth-order valence-electron chi connectivity index (χ4n) is 8.19. The first-order valence-electron chi connectivity index (χ1n) is 26.7. The normalized spacial score (nSPS) is 16.0. The smallest absolute Gasteiger partial charge is 0.493 e. The summed E-state index contributed by atoms with van der Waals surface area (Å²) in [6.45, 7) is 3.22. The van der Waals surface area contributed by atoms with E-state index in [2.05, 4.69) is 20.9 Å². The Morgan fingerprint density at radius 1 is 0.640 bits per heavy atom. The molecule has 86 heavy (non-hydrogen) atoms. The van der Waals surface area contributed by atoms with Crippen LogP contribution in [0.3, 0.4) is 0 Å². The van der Waals surface area contributed by atoms with E-state index in [0.29, 0.717) is 58.3 Å². The summed E-state index contributed by atoms with van der Waals surface area (Å²) in [7, 11) is -2.95. The number of aryl methyl sites for hydroxylation is 1. The molecule has 26 nitrogen and oxygen atoms in total. The van der Waals surface area contributed by atoms with Crippen LogP contribution in [0, 0.1) is 6.92 Å². The highest BCUT2D eigenvalue weighted by atomic mass is 32.3. The van der Waals surface area contributed by atoms with Crippen molar-refractivity contribution in [2.24, 2.45) is 0 Å². The van der Waals surface area contributed by atoms with Crippen molar-refractivity contribution in [2.75, 3.05) is 87.0 Å². The number of aliphatic hydroxyl groups excluding tert-OH is 3. The molecule has 1 saturated heterocycles. The Morgan fingerprint density at radius 3 is 1.88 bits per heavy atom. The number of ketones is 1. The summed E-state index contributed by atoms with van der Waals surface area (Å²) < 4.78 is 114. The molecule has 0 spiro atoms. The van der Waals surface area contributed by atoms with Gasteiger partial charge in [0.05, 0.1) is 105 Å². The third-order valence-corrected chi connectivity index (χ3v) is 15.3. The van der Waals surface area contributed by atoms with Gasteiger partial charge in [-0.25, -0.2) is 13.1 Å². The lowest BCUT2D eigenvalue weighted by Crippen LogP contribution is -2.54. The first-order chi connectivity index (χ1) is 41.3. The van der Waals surface area contributed by atoms with Gasteiger partial charge < -0.3 is 77.0 Å². The van der Waals surface area contributed by atoms with E-state index in [-0.39, 0.29) is 91.8 Å². The molecule has 462 valence electrons. The maximum absolute atomic E-state index is 13.7. The second kappa shape index (κ2) is 31.3. The maximum Gasteiger partial charge on any atom is 0.501 e. The molecule has 0 aliphatic carbocycles. The summed E-state index contributed by atoms with van der Waals surface area (Å²) in [5.74, 6) is -1.71. The van der Waals surface area contributed by atoms with Crippen LogP contribution in [-0.4, -0.2) is 176 Å². The molecule has 0 bridgehead atoms. The average molecular weight is 1230 g/mol. The largest absolute Gasteiger partial charge is 0.501 e. The van der Waals surface area contributed by atoms with Crippen molar-refractivity contribution in [3.05, 3.63) is 142 Å². The molecule has 1 fully saturated rings. The monoisotopic (exact) mass is 1230 g/mol. The van der Waals surface area contributed by atoms with E-state index in [0.717, 1.165) is 11.6 Å². The van der Waals surface area contributed by atoms with E-state index < -0.39 is 69.0 Å². The van der Waals surface area contributed by atoms with Crippen molar-refractivity contribution in [3.8, 4) is 40.2 Å². The van der Waals surface area contributed by atoms with Crippen molar-refractivity contribution in [1.82, 2.24) is 25.6 Å². The number of rotatable bonds is 33. The summed E-state index contributed by atoms with van der Waals surface area (Å²) in [6, 6.07) is 23.8. The number of nitrogens with one attached hydrogen (secondary N) is 2. The Morgan fingerprint density at radius 2 is 1.22 bits per heavy atom. The molecule has 5 N–H and O–H groups in total. The van der Waals surface area contributed by atoms with E-state index in [1.807, 2.05) is 6.92 Å². The number of nitrogens with zero attached hydrogens (tertiary/aromatic N) is 3. The number of hydrogen-bond acceptors (Lipinski definition) is 23. The Bertz CT molecular complexity index is 3480. The third kappa shape index (κ3) is 18.7. The SMILES string of the molecule is COc1ccc(/C=C\c2cc(OC)c(OC)c(OC)c2)cc1OS(=O)(=O)Oc1cc(C(=O)NCCOCCOCCOCCn2cc(CNC(=O)c3ccc(C(=O)CCS(=O)(=O)c4ccc(C)cc4)cc3)nn2)ccc1OC1OC[C@H](O)[C@H](O)[C@H]1O. The van der Waals surface area contributed by atoms with Crippen LogP contribution in [0.2, 0.25) is 0 Å². The van der Waals surface area contributed by atoms with Gasteiger partial charge in [0.25, 0.3) is 11.8 Å². The third-order valence-electron chi connectivity index (χ3n) is 12.8. The summed E-state index contributed by atoms with van der Waals surface area (Å²) in [4.78, 5) is 39.0. The second-order valence-electron chi connectivity index (χ2n) is 18.9. The summed E-state index contributed by atoms with van der Waals surface area (Å²) in [5.41, 5.74) is 3.07. The zero-order valence-corrected chi connectivity index (χ0v) is 49.2. The Balaban J connectivity index is 0.814. The predicted octanol–water partition coefficient (Wildman–Crippen LogP) is 3.77. The first kappa shape index (κ1) is 65.4. The lowest BCUT2D eigenvalue weighted by Gasteiger charge is -2.35. The van der Waals surface area contributed by atoms with Crippen LogP contribution in [0.4, 0.5) is 0 Å². The topological polar surface area (TPSA) is 336 Å². The van der Waals surface area contributed by atoms with Gasteiger partial charge in [-0.05, 0) is 84.8 Å². The second-order valence-corrected chi connectivity index (χ2v) is 22.2.